The maximum atomic E-state index is 4.85. The smallest absolute Gasteiger partial charge is 0.0964 e. The van der Waals surface area contributed by atoms with Gasteiger partial charge in [-0.3, -0.25) is 0 Å². The third-order valence-electron chi connectivity index (χ3n) is 3.71. The van der Waals surface area contributed by atoms with Crippen molar-refractivity contribution in [2.75, 3.05) is 20.1 Å². The minimum atomic E-state index is 0. The van der Waals surface area contributed by atoms with Crippen LogP contribution in [0.25, 0.3) is 11.3 Å². The van der Waals surface area contributed by atoms with Crippen molar-refractivity contribution < 1.29 is 0 Å². The van der Waals surface area contributed by atoms with Crippen LogP contribution in [0.2, 0.25) is 0 Å². The summed E-state index contributed by atoms with van der Waals surface area (Å²) >= 11 is 5.33. The lowest BCUT2D eigenvalue weighted by Crippen LogP contribution is -2.29. The van der Waals surface area contributed by atoms with E-state index in [1.165, 1.54) is 36.5 Å². The van der Waals surface area contributed by atoms with Crippen LogP contribution in [0, 0.1) is 0 Å². The molecule has 0 bridgehead atoms. The molecule has 6 heteroatoms. The Morgan fingerprint density at radius 3 is 2.62 bits per heavy atom. The van der Waals surface area contributed by atoms with Crippen molar-refractivity contribution in [1.82, 2.24) is 9.88 Å². The van der Waals surface area contributed by atoms with Gasteiger partial charge in [-0.1, -0.05) is 28.1 Å². The highest BCUT2D eigenvalue weighted by molar-refractivity contribution is 9.10. The lowest BCUT2D eigenvalue weighted by Gasteiger charge is -2.27. The minimum Gasteiger partial charge on any atom is -0.306 e. The van der Waals surface area contributed by atoms with Gasteiger partial charge in [-0.05, 0) is 45.1 Å². The average molecular weight is 410 g/mol. The molecule has 1 aliphatic rings. The summed E-state index contributed by atoms with van der Waals surface area (Å²) in [5.74, 6) is 0.655. The molecule has 2 aromatic rings. The summed E-state index contributed by atoms with van der Waals surface area (Å²) < 4.78 is 1.11. The second-order valence-electron chi connectivity index (χ2n) is 5.16. The Hall–Kier alpha value is -0.130. The Morgan fingerprint density at radius 1 is 1.24 bits per heavy atom. The molecular formula is C15H19BrCl2N2S. The molecule has 0 saturated carbocycles. The van der Waals surface area contributed by atoms with Crippen molar-refractivity contribution in [2.45, 2.75) is 18.8 Å². The summed E-state index contributed by atoms with van der Waals surface area (Å²) in [6, 6.07) is 8.37. The Balaban J connectivity index is 0.00000110. The van der Waals surface area contributed by atoms with E-state index in [0.29, 0.717) is 5.92 Å². The number of likely N-dealkylation sites (tertiary alicyclic amines) is 1. The van der Waals surface area contributed by atoms with Gasteiger partial charge < -0.3 is 4.90 Å². The second-order valence-corrected chi connectivity index (χ2v) is 6.96. The summed E-state index contributed by atoms with van der Waals surface area (Å²) in [7, 11) is 2.20. The van der Waals surface area contributed by atoms with Crippen LogP contribution < -0.4 is 0 Å². The van der Waals surface area contributed by atoms with Crippen molar-refractivity contribution in [3.8, 4) is 11.3 Å². The molecule has 0 radical (unpaired) electrons. The Labute approximate surface area is 150 Å². The quantitative estimate of drug-likeness (QED) is 0.675. The van der Waals surface area contributed by atoms with Gasteiger partial charge in [0.05, 0.1) is 10.7 Å². The number of nitrogens with zero attached hydrogens (tertiary/aromatic N) is 2. The van der Waals surface area contributed by atoms with Crippen molar-refractivity contribution in [3.63, 3.8) is 0 Å². The number of hydrogen-bond donors (Lipinski definition) is 0. The number of hydrogen-bond acceptors (Lipinski definition) is 3. The number of thiazole rings is 1. The van der Waals surface area contributed by atoms with E-state index in [2.05, 4.69) is 51.5 Å². The van der Waals surface area contributed by atoms with E-state index in [1.54, 1.807) is 0 Å². The highest BCUT2D eigenvalue weighted by atomic mass is 79.9. The molecule has 1 fully saturated rings. The largest absolute Gasteiger partial charge is 0.306 e. The van der Waals surface area contributed by atoms with E-state index in [9.17, 15) is 0 Å². The molecule has 0 spiro atoms. The number of benzene rings is 1. The summed E-state index contributed by atoms with van der Waals surface area (Å²) in [5, 5.41) is 3.50. The van der Waals surface area contributed by atoms with E-state index in [0.717, 1.165) is 10.2 Å². The van der Waals surface area contributed by atoms with E-state index in [4.69, 9.17) is 4.98 Å². The molecule has 0 aliphatic carbocycles. The van der Waals surface area contributed by atoms with Gasteiger partial charge in [0.15, 0.2) is 0 Å². The minimum absolute atomic E-state index is 0. The Morgan fingerprint density at radius 2 is 1.95 bits per heavy atom. The Bertz CT molecular complexity index is 568. The number of rotatable bonds is 2. The molecule has 2 nitrogen and oxygen atoms in total. The van der Waals surface area contributed by atoms with Gasteiger partial charge >= 0.3 is 0 Å². The number of piperidine rings is 1. The zero-order chi connectivity index (χ0) is 13.2. The van der Waals surface area contributed by atoms with Crippen LogP contribution in [-0.4, -0.2) is 30.0 Å². The molecule has 2 heterocycles. The first-order valence-electron chi connectivity index (χ1n) is 6.62. The number of halogens is 3. The van der Waals surface area contributed by atoms with Crippen LogP contribution in [-0.2, 0) is 0 Å². The van der Waals surface area contributed by atoms with Gasteiger partial charge in [-0.25, -0.2) is 4.98 Å². The van der Waals surface area contributed by atoms with Gasteiger partial charge in [-0.2, -0.15) is 0 Å². The van der Waals surface area contributed by atoms with Crippen LogP contribution in [0.1, 0.15) is 23.8 Å². The molecule has 0 amide bonds. The van der Waals surface area contributed by atoms with Crippen LogP contribution in [0.4, 0.5) is 0 Å². The summed E-state index contributed by atoms with van der Waals surface area (Å²) in [6.07, 6.45) is 2.48. The van der Waals surface area contributed by atoms with E-state index in [1.807, 2.05) is 17.4 Å². The lowest BCUT2D eigenvalue weighted by molar-refractivity contribution is 0.255. The molecule has 0 N–H and O–H groups in total. The standard InChI is InChI=1S/C15H17BrN2S.2ClH/c1-18-7-5-11(6-8-18)15-17-14(10-19-15)12-3-2-4-13(16)9-12;;/h2-4,9-11H,5-8H2,1H3;2*1H. The third-order valence-corrected chi connectivity index (χ3v) is 5.21. The van der Waals surface area contributed by atoms with Gasteiger partial charge in [-0.15, -0.1) is 36.2 Å². The zero-order valence-electron chi connectivity index (χ0n) is 11.8. The topological polar surface area (TPSA) is 16.1 Å². The highest BCUT2D eigenvalue weighted by Gasteiger charge is 2.21. The van der Waals surface area contributed by atoms with E-state index >= 15 is 0 Å². The molecule has 1 saturated heterocycles. The predicted molar refractivity (Wildman–Crippen MR) is 99.2 cm³/mol. The predicted octanol–water partition coefficient (Wildman–Crippen LogP) is 5.23. The average Bonchev–Trinajstić information content (AvgIpc) is 2.89. The summed E-state index contributed by atoms with van der Waals surface area (Å²) in [5.41, 5.74) is 2.31. The van der Waals surface area contributed by atoms with Gasteiger partial charge in [0, 0.05) is 21.3 Å². The van der Waals surface area contributed by atoms with Crippen LogP contribution in [0.5, 0.6) is 0 Å². The fourth-order valence-electron chi connectivity index (χ4n) is 2.51. The lowest BCUT2D eigenvalue weighted by atomic mass is 9.98. The molecule has 1 aromatic heterocycles. The van der Waals surface area contributed by atoms with Gasteiger partial charge in [0.1, 0.15) is 0 Å². The molecule has 3 rings (SSSR count). The van der Waals surface area contributed by atoms with Crippen molar-refractivity contribution in [1.29, 1.82) is 0 Å². The highest BCUT2D eigenvalue weighted by Crippen LogP contribution is 2.33. The maximum Gasteiger partial charge on any atom is 0.0964 e. The van der Waals surface area contributed by atoms with Crippen LogP contribution in [0.15, 0.2) is 34.1 Å². The molecular weight excluding hydrogens is 391 g/mol. The number of aromatic nitrogens is 1. The molecule has 0 unspecified atom stereocenters. The van der Waals surface area contributed by atoms with Crippen LogP contribution >= 0.6 is 52.1 Å². The first kappa shape index (κ1) is 18.9. The third kappa shape index (κ3) is 4.67. The van der Waals surface area contributed by atoms with E-state index in [-0.39, 0.29) is 24.8 Å². The molecule has 116 valence electrons. The molecule has 0 atom stereocenters. The molecule has 1 aromatic carbocycles. The first-order valence-corrected chi connectivity index (χ1v) is 8.29. The van der Waals surface area contributed by atoms with Gasteiger partial charge in [0.25, 0.3) is 0 Å². The van der Waals surface area contributed by atoms with Crippen molar-refractivity contribution >= 4 is 52.1 Å². The summed E-state index contributed by atoms with van der Waals surface area (Å²) in [4.78, 5) is 7.25. The normalized spacial score (nSPS) is 16.1. The Kier molecular flexibility index (Phi) is 7.65. The van der Waals surface area contributed by atoms with Crippen molar-refractivity contribution in [2.24, 2.45) is 0 Å². The molecule has 1 aliphatic heterocycles. The first-order chi connectivity index (χ1) is 9.22. The second kappa shape index (κ2) is 8.49. The van der Waals surface area contributed by atoms with Crippen LogP contribution in [0.3, 0.4) is 0 Å². The monoisotopic (exact) mass is 408 g/mol. The molecule has 21 heavy (non-hydrogen) atoms. The zero-order valence-corrected chi connectivity index (χ0v) is 15.8. The van der Waals surface area contributed by atoms with E-state index < -0.39 is 0 Å². The summed E-state index contributed by atoms with van der Waals surface area (Å²) in [6.45, 7) is 2.38. The van der Waals surface area contributed by atoms with Crippen molar-refractivity contribution in [3.05, 3.63) is 39.1 Å². The maximum absolute atomic E-state index is 4.85. The SMILES string of the molecule is CN1CCC(c2nc(-c3cccc(Br)c3)cs2)CC1.Cl.Cl. The fourth-order valence-corrected chi connectivity index (χ4v) is 3.91. The fraction of sp³-hybridized carbons (Fsp3) is 0.400. The van der Waals surface area contributed by atoms with Gasteiger partial charge in [0.2, 0.25) is 0 Å².